The van der Waals surface area contributed by atoms with Crippen LogP contribution in [0.2, 0.25) is 0 Å². The Kier molecular flexibility index (Phi) is 4.88. The zero-order chi connectivity index (χ0) is 16.9. The molecule has 0 aliphatic carbocycles. The van der Waals surface area contributed by atoms with Gasteiger partial charge in [0.1, 0.15) is 24.0 Å². The highest BCUT2D eigenvalue weighted by atomic mass is 16.5. The lowest BCUT2D eigenvalue weighted by Gasteiger charge is -2.18. The van der Waals surface area contributed by atoms with Crippen LogP contribution in [0.25, 0.3) is 0 Å². The van der Waals surface area contributed by atoms with Crippen molar-refractivity contribution in [3.05, 3.63) is 42.1 Å². The van der Waals surface area contributed by atoms with Crippen molar-refractivity contribution in [1.82, 2.24) is 20.3 Å². The largest absolute Gasteiger partial charge is 0.488 e. The number of amides is 1. The molecule has 2 aromatic rings. The standard InChI is InChI=1S/C17H21N5O2/c1-12-7-17(21-11-20-12)22-6-4-16(10-22)24-15-3-5-18-14(8-15)9-19-13(2)23/h3,5,7-8,11,16H,4,6,9-10H2,1-2H3,(H,19,23). The molecular formula is C17H21N5O2. The Labute approximate surface area is 141 Å². The predicted molar refractivity (Wildman–Crippen MR) is 89.8 cm³/mol. The number of rotatable bonds is 5. The molecule has 7 heteroatoms. The summed E-state index contributed by atoms with van der Waals surface area (Å²) in [7, 11) is 0. The summed E-state index contributed by atoms with van der Waals surface area (Å²) >= 11 is 0. The Morgan fingerprint density at radius 1 is 1.38 bits per heavy atom. The number of pyridine rings is 1. The number of aromatic nitrogens is 3. The number of aryl methyl sites for hydroxylation is 1. The Bertz CT molecular complexity index is 722. The molecule has 7 nitrogen and oxygen atoms in total. The first-order valence-corrected chi connectivity index (χ1v) is 8.00. The van der Waals surface area contributed by atoms with Crippen molar-refractivity contribution in [2.75, 3.05) is 18.0 Å². The third-order valence-corrected chi connectivity index (χ3v) is 3.87. The summed E-state index contributed by atoms with van der Waals surface area (Å²) in [5.41, 5.74) is 1.74. The van der Waals surface area contributed by atoms with E-state index in [9.17, 15) is 4.79 Å². The molecule has 3 heterocycles. The normalized spacial score (nSPS) is 16.9. The first-order valence-electron chi connectivity index (χ1n) is 8.00. The van der Waals surface area contributed by atoms with Gasteiger partial charge in [0.2, 0.25) is 5.91 Å². The van der Waals surface area contributed by atoms with Gasteiger partial charge in [-0.1, -0.05) is 0 Å². The zero-order valence-corrected chi connectivity index (χ0v) is 13.9. The summed E-state index contributed by atoms with van der Waals surface area (Å²) in [6.07, 6.45) is 4.34. The summed E-state index contributed by atoms with van der Waals surface area (Å²) in [6, 6.07) is 5.70. The number of ether oxygens (including phenoxy) is 1. The van der Waals surface area contributed by atoms with Crippen LogP contribution in [0, 0.1) is 6.92 Å². The molecule has 126 valence electrons. The van der Waals surface area contributed by atoms with Crippen molar-refractivity contribution in [2.45, 2.75) is 32.9 Å². The summed E-state index contributed by atoms with van der Waals surface area (Å²) < 4.78 is 6.07. The van der Waals surface area contributed by atoms with Gasteiger partial charge in [-0.2, -0.15) is 0 Å². The monoisotopic (exact) mass is 327 g/mol. The van der Waals surface area contributed by atoms with E-state index in [1.165, 1.54) is 6.92 Å². The molecule has 1 amide bonds. The number of nitrogens with one attached hydrogen (secondary N) is 1. The molecule has 1 N–H and O–H groups in total. The molecule has 0 radical (unpaired) electrons. The van der Waals surface area contributed by atoms with Gasteiger partial charge in [0, 0.05) is 43.9 Å². The predicted octanol–water partition coefficient (Wildman–Crippen LogP) is 1.47. The van der Waals surface area contributed by atoms with Gasteiger partial charge in [-0.05, 0) is 13.0 Å². The molecular weight excluding hydrogens is 306 g/mol. The fraction of sp³-hybridized carbons (Fsp3) is 0.412. The van der Waals surface area contributed by atoms with E-state index in [4.69, 9.17) is 4.74 Å². The molecule has 1 aliphatic heterocycles. The highest BCUT2D eigenvalue weighted by Crippen LogP contribution is 2.22. The minimum Gasteiger partial charge on any atom is -0.488 e. The second-order valence-corrected chi connectivity index (χ2v) is 5.88. The minimum atomic E-state index is -0.0744. The van der Waals surface area contributed by atoms with E-state index in [1.807, 2.05) is 25.1 Å². The van der Waals surface area contributed by atoms with Crippen LogP contribution in [-0.2, 0) is 11.3 Å². The van der Waals surface area contributed by atoms with Crippen LogP contribution in [0.15, 0.2) is 30.7 Å². The molecule has 1 unspecified atom stereocenters. The van der Waals surface area contributed by atoms with Crippen LogP contribution in [0.3, 0.4) is 0 Å². The Morgan fingerprint density at radius 3 is 3.04 bits per heavy atom. The number of carbonyl (C=O) groups is 1. The SMILES string of the molecule is CC(=O)NCc1cc(OC2CCN(c3cc(C)ncn3)C2)ccn1. The van der Waals surface area contributed by atoms with Gasteiger partial charge in [-0.25, -0.2) is 9.97 Å². The number of nitrogens with zero attached hydrogens (tertiary/aromatic N) is 4. The molecule has 0 bridgehead atoms. The van der Waals surface area contributed by atoms with Gasteiger partial charge in [0.15, 0.2) is 0 Å². The lowest BCUT2D eigenvalue weighted by Crippen LogP contribution is -2.25. The van der Waals surface area contributed by atoms with Crippen molar-refractivity contribution < 1.29 is 9.53 Å². The maximum Gasteiger partial charge on any atom is 0.217 e. The van der Waals surface area contributed by atoms with Crippen molar-refractivity contribution in [3.63, 3.8) is 0 Å². The zero-order valence-electron chi connectivity index (χ0n) is 13.9. The maximum atomic E-state index is 11.0. The molecule has 1 atom stereocenters. The van der Waals surface area contributed by atoms with Gasteiger partial charge >= 0.3 is 0 Å². The molecule has 2 aromatic heterocycles. The van der Waals surface area contributed by atoms with E-state index in [0.717, 1.165) is 42.5 Å². The minimum absolute atomic E-state index is 0.0744. The van der Waals surface area contributed by atoms with Gasteiger partial charge in [0.05, 0.1) is 18.8 Å². The highest BCUT2D eigenvalue weighted by Gasteiger charge is 2.25. The van der Waals surface area contributed by atoms with E-state index in [0.29, 0.717) is 6.54 Å². The van der Waals surface area contributed by atoms with E-state index in [2.05, 4.69) is 25.2 Å². The highest BCUT2D eigenvalue weighted by molar-refractivity contribution is 5.72. The Balaban J connectivity index is 1.59. The summed E-state index contributed by atoms with van der Waals surface area (Å²) in [5.74, 6) is 1.64. The molecule has 0 aromatic carbocycles. The summed E-state index contributed by atoms with van der Waals surface area (Å²) in [4.78, 5) is 25.9. The second-order valence-electron chi connectivity index (χ2n) is 5.88. The van der Waals surface area contributed by atoms with Gasteiger partial charge < -0.3 is 15.0 Å². The van der Waals surface area contributed by atoms with Crippen molar-refractivity contribution in [3.8, 4) is 5.75 Å². The first kappa shape index (κ1) is 16.2. The molecule has 24 heavy (non-hydrogen) atoms. The summed E-state index contributed by atoms with van der Waals surface area (Å²) in [5, 5.41) is 2.74. The molecule has 0 spiro atoms. The molecule has 1 saturated heterocycles. The molecule has 3 rings (SSSR count). The van der Waals surface area contributed by atoms with Crippen LogP contribution in [-0.4, -0.2) is 40.1 Å². The average Bonchev–Trinajstić information content (AvgIpc) is 3.02. The molecule has 1 aliphatic rings. The van der Waals surface area contributed by atoms with Crippen molar-refractivity contribution in [2.24, 2.45) is 0 Å². The third-order valence-electron chi connectivity index (χ3n) is 3.87. The number of hydrogen-bond donors (Lipinski definition) is 1. The van der Waals surface area contributed by atoms with Gasteiger partial charge in [0.25, 0.3) is 0 Å². The van der Waals surface area contributed by atoms with Crippen LogP contribution in [0.5, 0.6) is 5.75 Å². The molecule has 0 saturated carbocycles. The lowest BCUT2D eigenvalue weighted by molar-refractivity contribution is -0.119. The van der Waals surface area contributed by atoms with E-state index < -0.39 is 0 Å². The third kappa shape index (κ3) is 4.18. The Morgan fingerprint density at radius 2 is 2.25 bits per heavy atom. The van der Waals surface area contributed by atoms with Gasteiger partial charge in [-0.3, -0.25) is 9.78 Å². The quantitative estimate of drug-likeness (QED) is 0.896. The Hall–Kier alpha value is -2.70. The van der Waals surface area contributed by atoms with E-state index >= 15 is 0 Å². The number of carbonyl (C=O) groups excluding carboxylic acids is 1. The van der Waals surface area contributed by atoms with E-state index in [1.54, 1.807) is 12.5 Å². The van der Waals surface area contributed by atoms with E-state index in [-0.39, 0.29) is 12.0 Å². The van der Waals surface area contributed by atoms with Crippen LogP contribution in [0.1, 0.15) is 24.7 Å². The fourth-order valence-electron chi connectivity index (χ4n) is 2.68. The smallest absolute Gasteiger partial charge is 0.217 e. The number of hydrogen-bond acceptors (Lipinski definition) is 6. The second kappa shape index (κ2) is 7.25. The van der Waals surface area contributed by atoms with Gasteiger partial charge in [-0.15, -0.1) is 0 Å². The maximum absolute atomic E-state index is 11.0. The first-order chi connectivity index (χ1) is 11.6. The fourth-order valence-corrected chi connectivity index (χ4v) is 2.68. The molecule has 1 fully saturated rings. The lowest BCUT2D eigenvalue weighted by atomic mass is 10.3. The van der Waals surface area contributed by atoms with Crippen molar-refractivity contribution in [1.29, 1.82) is 0 Å². The summed E-state index contributed by atoms with van der Waals surface area (Å²) in [6.45, 7) is 5.55. The topological polar surface area (TPSA) is 80.2 Å². The average molecular weight is 327 g/mol. The van der Waals surface area contributed by atoms with Crippen LogP contribution >= 0.6 is 0 Å². The number of anilines is 1. The van der Waals surface area contributed by atoms with Crippen molar-refractivity contribution >= 4 is 11.7 Å². The van der Waals surface area contributed by atoms with Crippen LogP contribution < -0.4 is 15.0 Å². The van der Waals surface area contributed by atoms with Crippen LogP contribution in [0.4, 0.5) is 5.82 Å².